The molecule has 0 aliphatic carbocycles. The van der Waals surface area contributed by atoms with E-state index < -0.39 is 18.7 Å². The van der Waals surface area contributed by atoms with Crippen LogP contribution in [0.25, 0.3) is 0 Å². The van der Waals surface area contributed by atoms with Gasteiger partial charge in [-0.1, -0.05) is 6.58 Å². The van der Waals surface area contributed by atoms with E-state index in [0.29, 0.717) is 6.42 Å². The average Bonchev–Trinajstić information content (AvgIpc) is 2.98. The first kappa shape index (κ1) is 12.6. The van der Waals surface area contributed by atoms with Gasteiger partial charge in [0.2, 0.25) is 0 Å². The number of aliphatic hydroxyl groups is 1. The lowest BCUT2D eigenvalue weighted by atomic mass is 9.80. The first-order chi connectivity index (χ1) is 9.02. The molecule has 6 nitrogen and oxygen atoms in total. The minimum Gasteiger partial charge on any atom is -0.459 e. The van der Waals surface area contributed by atoms with Gasteiger partial charge in [-0.2, -0.15) is 0 Å². The minimum atomic E-state index is -0.626. The first-order valence-corrected chi connectivity index (χ1v) is 6.38. The predicted molar refractivity (Wildman–Crippen MR) is 61.9 cm³/mol. The first-order valence-electron chi connectivity index (χ1n) is 6.38. The highest BCUT2D eigenvalue weighted by atomic mass is 16.6. The Kier molecular flexibility index (Phi) is 2.87. The zero-order chi connectivity index (χ0) is 13.7. The third kappa shape index (κ3) is 1.78. The molecule has 3 heterocycles. The summed E-state index contributed by atoms with van der Waals surface area (Å²) in [5, 5.41) is 8.83. The zero-order valence-electron chi connectivity index (χ0n) is 10.6. The van der Waals surface area contributed by atoms with Gasteiger partial charge < -0.3 is 19.3 Å². The highest BCUT2D eigenvalue weighted by Crippen LogP contribution is 2.50. The van der Waals surface area contributed by atoms with Gasteiger partial charge in [-0.15, -0.1) is 0 Å². The van der Waals surface area contributed by atoms with Gasteiger partial charge in [0, 0.05) is 0 Å². The summed E-state index contributed by atoms with van der Waals surface area (Å²) in [5.74, 6) is -1.12. The van der Waals surface area contributed by atoms with Crippen LogP contribution in [0.3, 0.4) is 0 Å². The minimum absolute atomic E-state index is 0.0113. The zero-order valence-corrected chi connectivity index (χ0v) is 10.6. The fourth-order valence-electron chi connectivity index (χ4n) is 3.28. The van der Waals surface area contributed by atoms with E-state index in [1.165, 1.54) is 0 Å². The van der Waals surface area contributed by atoms with E-state index in [2.05, 4.69) is 6.58 Å². The van der Waals surface area contributed by atoms with E-state index in [-0.39, 0.29) is 41.7 Å². The summed E-state index contributed by atoms with van der Waals surface area (Å²) in [5.41, 5.74) is 0.0113. The fraction of sp³-hybridized carbons (Fsp3) is 0.692. The van der Waals surface area contributed by atoms with Crippen molar-refractivity contribution in [1.82, 2.24) is 0 Å². The summed E-state index contributed by atoms with van der Waals surface area (Å²) in [7, 11) is 0. The van der Waals surface area contributed by atoms with Gasteiger partial charge in [-0.25, -0.2) is 4.79 Å². The van der Waals surface area contributed by atoms with Crippen molar-refractivity contribution in [2.75, 3.05) is 6.61 Å². The molecule has 3 aliphatic rings. The smallest absolute Gasteiger partial charge is 0.336 e. The summed E-state index contributed by atoms with van der Waals surface area (Å²) in [6.45, 7) is 4.74. The van der Waals surface area contributed by atoms with Crippen molar-refractivity contribution in [3.8, 4) is 0 Å². The SMILES string of the molecule is C=C(CO)C(=O)OC(C)C1C2CC3C(=O)OC1C3O2. The number of esters is 2. The maximum atomic E-state index is 11.6. The van der Waals surface area contributed by atoms with Crippen molar-refractivity contribution in [2.24, 2.45) is 11.8 Å². The lowest BCUT2D eigenvalue weighted by Gasteiger charge is -2.27. The summed E-state index contributed by atoms with van der Waals surface area (Å²) < 4.78 is 16.3. The third-order valence-corrected chi connectivity index (χ3v) is 4.22. The number of carbonyl (C=O) groups excluding carboxylic acids is 2. The Bertz CT molecular complexity index is 444. The molecule has 6 atom stereocenters. The molecule has 1 N–H and O–H groups in total. The molecule has 0 aromatic carbocycles. The van der Waals surface area contributed by atoms with Crippen LogP contribution in [0.15, 0.2) is 12.2 Å². The number of hydrogen-bond donors (Lipinski definition) is 1. The third-order valence-electron chi connectivity index (χ3n) is 4.22. The van der Waals surface area contributed by atoms with Crippen LogP contribution in [0.2, 0.25) is 0 Å². The van der Waals surface area contributed by atoms with Gasteiger partial charge in [0.1, 0.15) is 18.3 Å². The Balaban J connectivity index is 1.69. The summed E-state index contributed by atoms with van der Waals surface area (Å²) in [6.07, 6.45) is -0.418. The molecule has 3 aliphatic heterocycles. The molecular weight excluding hydrogens is 252 g/mol. The molecule has 104 valence electrons. The predicted octanol–water partition coefficient (Wildman–Crippen LogP) is -0.205. The Morgan fingerprint density at radius 2 is 2.32 bits per heavy atom. The number of aliphatic hydroxyl groups excluding tert-OH is 1. The molecule has 2 bridgehead atoms. The van der Waals surface area contributed by atoms with Crippen LogP contribution in [0.5, 0.6) is 0 Å². The topological polar surface area (TPSA) is 82.1 Å². The Morgan fingerprint density at radius 1 is 1.58 bits per heavy atom. The molecule has 0 aromatic heterocycles. The van der Waals surface area contributed by atoms with Crippen molar-refractivity contribution in [1.29, 1.82) is 0 Å². The van der Waals surface area contributed by atoms with Crippen LogP contribution in [0.1, 0.15) is 13.3 Å². The van der Waals surface area contributed by atoms with Crippen molar-refractivity contribution in [3.63, 3.8) is 0 Å². The van der Waals surface area contributed by atoms with Gasteiger partial charge in [0.15, 0.2) is 0 Å². The molecule has 3 saturated heterocycles. The average molecular weight is 268 g/mol. The second-order valence-corrected chi connectivity index (χ2v) is 5.33. The van der Waals surface area contributed by atoms with Gasteiger partial charge in [-0.3, -0.25) is 4.79 Å². The van der Waals surface area contributed by atoms with E-state index in [9.17, 15) is 9.59 Å². The van der Waals surface area contributed by atoms with E-state index in [0.717, 1.165) is 0 Å². The monoisotopic (exact) mass is 268 g/mol. The fourth-order valence-corrected chi connectivity index (χ4v) is 3.28. The largest absolute Gasteiger partial charge is 0.459 e. The van der Waals surface area contributed by atoms with Crippen LogP contribution in [-0.2, 0) is 23.8 Å². The summed E-state index contributed by atoms with van der Waals surface area (Å²) >= 11 is 0. The molecule has 6 heteroatoms. The van der Waals surface area contributed by atoms with Crippen LogP contribution in [-0.4, -0.2) is 48.1 Å². The lowest BCUT2D eigenvalue weighted by molar-refractivity contribution is -0.151. The normalized spacial score (nSPS) is 40.1. The van der Waals surface area contributed by atoms with Gasteiger partial charge in [0.25, 0.3) is 0 Å². The number of rotatable bonds is 4. The van der Waals surface area contributed by atoms with E-state index in [1.807, 2.05) is 0 Å². The van der Waals surface area contributed by atoms with Crippen molar-refractivity contribution in [3.05, 3.63) is 12.2 Å². The van der Waals surface area contributed by atoms with Crippen LogP contribution in [0.4, 0.5) is 0 Å². The van der Waals surface area contributed by atoms with Crippen LogP contribution < -0.4 is 0 Å². The second-order valence-electron chi connectivity index (χ2n) is 5.33. The van der Waals surface area contributed by atoms with Crippen LogP contribution in [0, 0.1) is 11.8 Å². The van der Waals surface area contributed by atoms with E-state index in [4.69, 9.17) is 19.3 Å². The molecular formula is C13H16O6. The van der Waals surface area contributed by atoms with Crippen molar-refractivity contribution in [2.45, 2.75) is 37.8 Å². The summed E-state index contributed by atoms with van der Waals surface area (Å²) in [6, 6.07) is 0. The molecule has 0 spiro atoms. The number of fused-ring (bicyclic) bond motifs is 1. The van der Waals surface area contributed by atoms with Crippen molar-refractivity contribution < 1.29 is 28.9 Å². The molecule has 0 radical (unpaired) electrons. The molecule has 0 saturated carbocycles. The number of ether oxygens (including phenoxy) is 3. The number of hydrogen-bond acceptors (Lipinski definition) is 6. The highest BCUT2D eigenvalue weighted by Gasteiger charge is 2.64. The molecule has 3 fully saturated rings. The second kappa shape index (κ2) is 4.31. The van der Waals surface area contributed by atoms with E-state index >= 15 is 0 Å². The molecule has 19 heavy (non-hydrogen) atoms. The standard InChI is InChI=1S/C13H16O6/c1-5(4-14)12(15)17-6(2)9-8-3-7-10(18-8)11(9)19-13(7)16/h6-11,14H,1,3-4H2,2H3. The van der Waals surface area contributed by atoms with Gasteiger partial charge >= 0.3 is 11.9 Å². The molecule has 0 amide bonds. The Hall–Kier alpha value is -1.40. The van der Waals surface area contributed by atoms with E-state index in [1.54, 1.807) is 6.92 Å². The quantitative estimate of drug-likeness (QED) is 0.561. The highest BCUT2D eigenvalue weighted by molar-refractivity contribution is 5.88. The summed E-state index contributed by atoms with van der Waals surface area (Å²) in [4.78, 5) is 23.2. The van der Waals surface area contributed by atoms with Gasteiger partial charge in [0.05, 0.1) is 30.1 Å². The lowest BCUT2D eigenvalue weighted by Crippen LogP contribution is -2.40. The molecule has 0 aromatic rings. The molecule has 3 rings (SSSR count). The number of carbonyl (C=O) groups is 2. The molecule has 6 unspecified atom stereocenters. The Labute approximate surface area is 110 Å². The Morgan fingerprint density at radius 3 is 3.00 bits per heavy atom. The van der Waals surface area contributed by atoms with Gasteiger partial charge in [-0.05, 0) is 13.3 Å². The van der Waals surface area contributed by atoms with Crippen LogP contribution >= 0.6 is 0 Å². The maximum absolute atomic E-state index is 11.6. The van der Waals surface area contributed by atoms with Crippen molar-refractivity contribution >= 4 is 11.9 Å². The maximum Gasteiger partial charge on any atom is 0.336 e.